The smallest absolute Gasteiger partial charge is 0.0945 e. The number of imidazole rings is 1. The minimum Gasteiger partial charge on any atom is -0.354 e. The van der Waals surface area contributed by atoms with Gasteiger partial charge in [0, 0.05) is 44.4 Å². The number of hydrogen-bond donors (Lipinski definition) is 1. The minimum atomic E-state index is 0.939. The molecule has 0 unspecified atom stereocenters. The van der Waals surface area contributed by atoms with Crippen LogP contribution < -0.4 is 5.32 Å². The van der Waals surface area contributed by atoms with Crippen molar-refractivity contribution in [3.05, 3.63) is 42.7 Å². The summed E-state index contributed by atoms with van der Waals surface area (Å²) in [6.45, 7) is 3.02. The Morgan fingerprint density at radius 1 is 1.25 bits per heavy atom. The molecule has 0 fully saturated rings. The van der Waals surface area contributed by atoms with Crippen LogP contribution in [0.5, 0.6) is 0 Å². The van der Waals surface area contributed by atoms with E-state index >= 15 is 0 Å². The van der Waals surface area contributed by atoms with Crippen molar-refractivity contribution in [1.82, 2.24) is 19.4 Å². The molecule has 0 saturated carbocycles. The van der Waals surface area contributed by atoms with E-state index in [2.05, 4.69) is 37.9 Å². The number of aromatic nitrogens is 3. The Morgan fingerprint density at radius 3 is 2.88 bits per heavy atom. The van der Waals surface area contributed by atoms with E-state index in [1.807, 2.05) is 25.8 Å². The molecule has 0 aliphatic rings. The average molecular weight is 218 g/mol. The second kappa shape index (κ2) is 5.51. The van der Waals surface area contributed by atoms with E-state index in [4.69, 9.17) is 0 Å². The van der Waals surface area contributed by atoms with Crippen LogP contribution in [0.4, 0.5) is 0 Å². The number of nitrogens with one attached hydrogen (secondary N) is 1. The molecule has 0 aliphatic carbocycles. The summed E-state index contributed by atoms with van der Waals surface area (Å²) in [4.78, 5) is 4.02. The average Bonchev–Trinajstić information content (AvgIpc) is 2.90. The molecule has 0 spiro atoms. The van der Waals surface area contributed by atoms with Gasteiger partial charge in [-0.05, 0) is 25.1 Å². The molecule has 0 aliphatic heterocycles. The Kier molecular flexibility index (Phi) is 3.77. The highest BCUT2D eigenvalue weighted by atomic mass is 15.0. The quantitative estimate of drug-likeness (QED) is 0.797. The zero-order chi connectivity index (χ0) is 11.2. The monoisotopic (exact) mass is 218 g/mol. The van der Waals surface area contributed by atoms with Crippen molar-refractivity contribution in [3.63, 3.8) is 0 Å². The van der Waals surface area contributed by atoms with Gasteiger partial charge in [-0.2, -0.15) is 0 Å². The van der Waals surface area contributed by atoms with E-state index in [0.717, 1.165) is 26.1 Å². The van der Waals surface area contributed by atoms with Crippen molar-refractivity contribution in [3.8, 4) is 0 Å². The molecule has 1 N–H and O–H groups in total. The second-order valence-corrected chi connectivity index (χ2v) is 3.94. The molecule has 86 valence electrons. The highest BCUT2D eigenvalue weighted by Gasteiger charge is 1.96. The van der Waals surface area contributed by atoms with Crippen LogP contribution in [-0.4, -0.2) is 21.2 Å². The summed E-state index contributed by atoms with van der Waals surface area (Å²) in [5, 5.41) is 3.15. The third-order valence-corrected chi connectivity index (χ3v) is 2.58. The number of nitrogens with zero attached hydrogens (tertiary/aromatic N) is 3. The molecule has 0 bridgehead atoms. The topological polar surface area (TPSA) is 34.8 Å². The van der Waals surface area contributed by atoms with E-state index in [0.29, 0.717) is 0 Å². The van der Waals surface area contributed by atoms with Crippen molar-refractivity contribution in [2.45, 2.75) is 26.1 Å². The lowest BCUT2D eigenvalue weighted by Crippen LogP contribution is -2.04. The van der Waals surface area contributed by atoms with Crippen LogP contribution in [0.15, 0.2) is 37.2 Å². The summed E-state index contributed by atoms with van der Waals surface area (Å²) < 4.78 is 4.35. The number of hydrogen-bond acceptors (Lipinski definition) is 2. The fourth-order valence-corrected chi connectivity index (χ4v) is 1.79. The van der Waals surface area contributed by atoms with Gasteiger partial charge in [-0.25, -0.2) is 4.98 Å². The van der Waals surface area contributed by atoms with Crippen LogP contribution in [0, 0.1) is 0 Å². The van der Waals surface area contributed by atoms with Gasteiger partial charge in [0.1, 0.15) is 0 Å². The first-order chi connectivity index (χ1) is 7.88. The third-order valence-electron chi connectivity index (χ3n) is 2.58. The van der Waals surface area contributed by atoms with Crippen LogP contribution in [0.1, 0.15) is 12.0 Å². The number of rotatable bonds is 6. The van der Waals surface area contributed by atoms with Gasteiger partial charge < -0.3 is 14.5 Å². The molecule has 2 aromatic heterocycles. The van der Waals surface area contributed by atoms with Crippen LogP contribution in [0.2, 0.25) is 0 Å². The molecule has 16 heavy (non-hydrogen) atoms. The second-order valence-electron chi connectivity index (χ2n) is 3.94. The van der Waals surface area contributed by atoms with Crippen molar-refractivity contribution >= 4 is 0 Å². The van der Waals surface area contributed by atoms with Gasteiger partial charge >= 0.3 is 0 Å². The molecule has 2 aromatic rings. The highest BCUT2D eigenvalue weighted by molar-refractivity contribution is 5.09. The van der Waals surface area contributed by atoms with Crippen molar-refractivity contribution < 1.29 is 0 Å². The van der Waals surface area contributed by atoms with Crippen molar-refractivity contribution in [2.75, 3.05) is 7.05 Å². The third kappa shape index (κ3) is 2.97. The molecular formula is C12H18N4. The molecule has 4 nitrogen and oxygen atoms in total. The minimum absolute atomic E-state index is 0.939. The van der Waals surface area contributed by atoms with E-state index in [-0.39, 0.29) is 0 Å². The predicted molar refractivity (Wildman–Crippen MR) is 64.0 cm³/mol. The molecular weight excluding hydrogens is 200 g/mol. The van der Waals surface area contributed by atoms with Gasteiger partial charge in [0.15, 0.2) is 0 Å². The zero-order valence-electron chi connectivity index (χ0n) is 9.63. The molecule has 0 saturated heterocycles. The first kappa shape index (κ1) is 11.0. The van der Waals surface area contributed by atoms with Gasteiger partial charge in [0.25, 0.3) is 0 Å². The van der Waals surface area contributed by atoms with E-state index in [9.17, 15) is 0 Å². The van der Waals surface area contributed by atoms with E-state index in [1.54, 1.807) is 0 Å². The summed E-state index contributed by atoms with van der Waals surface area (Å²) >= 11 is 0. The Balaban J connectivity index is 1.76. The Morgan fingerprint density at radius 2 is 2.12 bits per heavy atom. The van der Waals surface area contributed by atoms with E-state index < -0.39 is 0 Å². The Labute approximate surface area is 95.9 Å². The molecule has 0 aromatic carbocycles. The van der Waals surface area contributed by atoms with Crippen LogP contribution in [0.25, 0.3) is 0 Å². The number of aryl methyl sites for hydroxylation is 2. The Bertz CT molecular complexity index is 402. The lowest BCUT2D eigenvalue weighted by molar-refractivity contribution is 0.564. The molecule has 4 heteroatoms. The van der Waals surface area contributed by atoms with Gasteiger partial charge in [0.05, 0.1) is 6.33 Å². The summed E-state index contributed by atoms with van der Waals surface area (Å²) in [6.07, 6.45) is 11.2. The predicted octanol–water partition coefficient (Wildman–Crippen LogP) is 1.49. The Hall–Kier alpha value is -1.55. The van der Waals surface area contributed by atoms with Crippen LogP contribution in [-0.2, 0) is 19.6 Å². The molecule has 0 radical (unpaired) electrons. The fourth-order valence-electron chi connectivity index (χ4n) is 1.79. The summed E-state index contributed by atoms with van der Waals surface area (Å²) in [6, 6.07) is 2.16. The van der Waals surface area contributed by atoms with Gasteiger partial charge in [-0.15, -0.1) is 0 Å². The zero-order valence-corrected chi connectivity index (χ0v) is 9.63. The summed E-state index contributed by atoms with van der Waals surface area (Å²) in [5.74, 6) is 0. The lowest BCUT2D eigenvalue weighted by Gasteiger charge is -2.03. The molecule has 0 amide bonds. The normalized spacial score (nSPS) is 10.8. The van der Waals surface area contributed by atoms with Gasteiger partial charge in [-0.3, -0.25) is 0 Å². The first-order valence-corrected chi connectivity index (χ1v) is 5.63. The summed E-state index contributed by atoms with van der Waals surface area (Å²) in [7, 11) is 1.97. The van der Waals surface area contributed by atoms with Gasteiger partial charge in [0.2, 0.25) is 0 Å². The molecule has 2 rings (SSSR count). The fraction of sp³-hybridized carbons (Fsp3) is 0.417. The van der Waals surface area contributed by atoms with Crippen molar-refractivity contribution in [1.29, 1.82) is 0 Å². The van der Waals surface area contributed by atoms with E-state index in [1.165, 1.54) is 5.56 Å². The van der Waals surface area contributed by atoms with Crippen LogP contribution in [0.3, 0.4) is 0 Å². The lowest BCUT2D eigenvalue weighted by atomic mass is 10.3. The maximum atomic E-state index is 4.02. The maximum absolute atomic E-state index is 4.02. The van der Waals surface area contributed by atoms with Crippen LogP contribution >= 0.6 is 0 Å². The summed E-state index contributed by atoms with van der Waals surface area (Å²) in [5.41, 5.74) is 1.34. The molecule has 2 heterocycles. The SMILES string of the molecule is CNCc1ccn(CCCn2ccnc2)c1. The standard InChI is InChI=1S/C12H18N4/c1-13-9-12-3-7-15(10-12)5-2-6-16-8-4-14-11-16/h3-4,7-8,10-11,13H,2,5-6,9H2,1H3. The van der Waals surface area contributed by atoms with Crippen molar-refractivity contribution in [2.24, 2.45) is 0 Å². The highest BCUT2D eigenvalue weighted by Crippen LogP contribution is 2.02. The maximum Gasteiger partial charge on any atom is 0.0945 e. The van der Waals surface area contributed by atoms with Gasteiger partial charge in [-0.1, -0.05) is 0 Å². The largest absolute Gasteiger partial charge is 0.354 e. The first-order valence-electron chi connectivity index (χ1n) is 5.63. The molecule has 0 atom stereocenters.